The Balaban J connectivity index is 2.38. The molecule has 20 heavy (non-hydrogen) atoms. The van der Waals surface area contributed by atoms with Crippen molar-refractivity contribution in [3.8, 4) is 0 Å². The summed E-state index contributed by atoms with van der Waals surface area (Å²) >= 11 is 5.77. The maximum atomic E-state index is 11.7. The molecule has 0 aromatic heterocycles. The Kier molecular flexibility index (Phi) is 7.36. The van der Waals surface area contributed by atoms with Gasteiger partial charge in [0.25, 0.3) is 0 Å². The quantitative estimate of drug-likeness (QED) is 0.722. The predicted molar refractivity (Wildman–Crippen MR) is 78.9 cm³/mol. The Morgan fingerprint density at radius 3 is 2.60 bits per heavy atom. The fraction of sp³-hybridized carbons (Fsp3) is 0.500. The molecule has 1 aromatic carbocycles. The third-order valence-electron chi connectivity index (χ3n) is 2.91. The molecule has 2 atom stereocenters. The van der Waals surface area contributed by atoms with Gasteiger partial charge in [-0.2, -0.15) is 0 Å². The van der Waals surface area contributed by atoms with E-state index in [2.05, 4.69) is 10.6 Å². The number of carbonyl (C=O) groups excluding carboxylic acids is 1. The van der Waals surface area contributed by atoms with Crippen LogP contribution in [-0.4, -0.2) is 37.4 Å². The minimum Gasteiger partial charge on any atom is -0.387 e. The first-order valence-electron chi connectivity index (χ1n) is 6.53. The summed E-state index contributed by atoms with van der Waals surface area (Å²) in [5, 5.41) is 16.0. The third-order valence-corrected chi connectivity index (χ3v) is 3.16. The van der Waals surface area contributed by atoms with Crippen molar-refractivity contribution in [3.63, 3.8) is 0 Å². The Labute approximate surface area is 124 Å². The summed E-state index contributed by atoms with van der Waals surface area (Å²) in [5.74, 6) is 0. The molecule has 1 aromatic rings. The van der Waals surface area contributed by atoms with Gasteiger partial charge < -0.3 is 20.5 Å². The van der Waals surface area contributed by atoms with E-state index < -0.39 is 6.10 Å². The third kappa shape index (κ3) is 5.77. The lowest BCUT2D eigenvalue weighted by atomic mass is 10.1. The normalized spacial score (nSPS) is 13.6. The highest BCUT2D eigenvalue weighted by molar-refractivity contribution is 6.30. The van der Waals surface area contributed by atoms with Crippen molar-refractivity contribution < 1.29 is 14.6 Å². The summed E-state index contributed by atoms with van der Waals surface area (Å²) in [6, 6.07) is 6.51. The van der Waals surface area contributed by atoms with Gasteiger partial charge in [-0.25, -0.2) is 4.79 Å². The predicted octanol–water partition coefficient (Wildman–Crippen LogP) is 2.10. The van der Waals surface area contributed by atoms with Crippen LogP contribution in [0.25, 0.3) is 0 Å². The molecule has 5 nitrogen and oxygen atoms in total. The van der Waals surface area contributed by atoms with E-state index >= 15 is 0 Å². The van der Waals surface area contributed by atoms with Crippen LogP contribution in [0.5, 0.6) is 0 Å². The zero-order chi connectivity index (χ0) is 15.0. The van der Waals surface area contributed by atoms with Gasteiger partial charge in [-0.05, 0) is 24.1 Å². The lowest BCUT2D eigenvalue weighted by Crippen LogP contribution is -2.44. The summed E-state index contributed by atoms with van der Waals surface area (Å²) in [6.45, 7) is 2.56. The standard InChI is InChI=1S/C14H21ClN2O3/c1-3-12(9-20-2)17-14(19)16-8-13(18)10-4-6-11(15)7-5-10/h4-7,12-13,18H,3,8-9H2,1-2H3,(H2,16,17,19). The maximum absolute atomic E-state index is 11.7. The highest BCUT2D eigenvalue weighted by Crippen LogP contribution is 2.15. The van der Waals surface area contributed by atoms with Gasteiger partial charge in [-0.1, -0.05) is 30.7 Å². The van der Waals surface area contributed by atoms with E-state index in [0.717, 1.165) is 6.42 Å². The summed E-state index contributed by atoms with van der Waals surface area (Å²) < 4.78 is 5.00. The minimum absolute atomic E-state index is 0.0346. The van der Waals surface area contributed by atoms with E-state index in [1.54, 1.807) is 31.4 Å². The second-order valence-electron chi connectivity index (χ2n) is 4.48. The zero-order valence-electron chi connectivity index (χ0n) is 11.7. The molecule has 0 radical (unpaired) electrons. The number of halogens is 1. The molecular formula is C14H21ClN2O3. The second-order valence-corrected chi connectivity index (χ2v) is 4.92. The van der Waals surface area contributed by atoms with Crippen molar-refractivity contribution in [1.29, 1.82) is 0 Å². The van der Waals surface area contributed by atoms with Crippen molar-refractivity contribution in [2.45, 2.75) is 25.5 Å². The molecule has 0 aliphatic carbocycles. The molecule has 2 unspecified atom stereocenters. The molecule has 0 fully saturated rings. The molecule has 0 aliphatic heterocycles. The van der Waals surface area contributed by atoms with Gasteiger partial charge in [-0.15, -0.1) is 0 Å². The fourth-order valence-electron chi connectivity index (χ4n) is 1.69. The number of aliphatic hydroxyl groups is 1. The molecule has 0 bridgehead atoms. The Bertz CT molecular complexity index is 411. The van der Waals surface area contributed by atoms with Gasteiger partial charge in [-0.3, -0.25) is 0 Å². The van der Waals surface area contributed by atoms with Gasteiger partial charge >= 0.3 is 6.03 Å². The molecule has 2 amide bonds. The average Bonchev–Trinajstić information content (AvgIpc) is 2.45. The van der Waals surface area contributed by atoms with E-state index in [4.69, 9.17) is 16.3 Å². The van der Waals surface area contributed by atoms with Crippen LogP contribution in [0.2, 0.25) is 5.02 Å². The van der Waals surface area contributed by atoms with Crippen LogP contribution in [0, 0.1) is 0 Å². The van der Waals surface area contributed by atoms with Crippen LogP contribution in [0.4, 0.5) is 4.79 Å². The highest BCUT2D eigenvalue weighted by Gasteiger charge is 2.12. The molecule has 6 heteroatoms. The van der Waals surface area contributed by atoms with E-state index in [0.29, 0.717) is 17.2 Å². The lowest BCUT2D eigenvalue weighted by molar-refractivity contribution is 0.157. The number of urea groups is 1. The number of aliphatic hydroxyl groups excluding tert-OH is 1. The summed E-state index contributed by atoms with van der Waals surface area (Å²) in [6.07, 6.45) is 0.0154. The monoisotopic (exact) mass is 300 g/mol. The fourth-order valence-corrected chi connectivity index (χ4v) is 1.82. The SMILES string of the molecule is CCC(COC)NC(=O)NCC(O)c1ccc(Cl)cc1. The molecule has 0 saturated heterocycles. The van der Waals surface area contributed by atoms with E-state index in [9.17, 15) is 9.90 Å². The first kappa shape index (κ1) is 16.8. The summed E-state index contributed by atoms with van der Waals surface area (Å²) in [5.41, 5.74) is 0.707. The zero-order valence-corrected chi connectivity index (χ0v) is 12.5. The first-order valence-corrected chi connectivity index (χ1v) is 6.91. The Hall–Kier alpha value is -1.30. The number of nitrogens with one attached hydrogen (secondary N) is 2. The largest absolute Gasteiger partial charge is 0.387 e. The minimum atomic E-state index is -0.763. The van der Waals surface area contributed by atoms with Crippen molar-refractivity contribution in [1.82, 2.24) is 10.6 Å². The smallest absolute Gasteiger partial charge is 0.315 e. The molecule has 1 rings (SSSR count). The topological polar surface area (TPSA) is 70.6 Å². The first-order chi connectivity index (χ1) is 9.56. The maximum Gasteiger partial charge on any atom is 0.315 e. The Morgan fingerprint density at radius 1 is 1.40 bits per heavy atom. The number of rotatable bonds is 7. The number of hydrogen-bond donors (Lipinski definition) is 3. The summed E-state index contributed by atoms with van der Waals surface area (Å²) in [7, 11) is 1.59. The van der Waals surface area contributed by atoms with Gasteiger partial charge in [0.15, 0.2) is 0 Å². The summed E-state index contributed by atoms with van der Waals surface area (Å²) in [4.78, 5) is 11.7. The van der Waals surface area contributed by atoms with Crippen LogP contribution < -0.4 is 10.6 Å². The van der Waals surface area contributed by atoms with Gasteiger partial charge in [0.2, 0.25) is 0 Å². The number of benzene rings is 1. The van der Waals surface area contributed by atoms with Gasteiger partial charge in [0, 0.05) is 18.7 Å². The molecule has 0 aliphatic rings. The van der Waals surface area contributed by atoms with Crippen molar-refractivity contribution in [3.05, 3.63) is 34.9 Å². The van der Waals surface area contributed by atoms with Crippen LogP contribution in [0.15, 0.2) is 24.3 Å². The lowest BCUT2D eigenvalue weighted by Gasteiger charge is -2.18. The average molecular weight is 301 g/mol. The molecule has 0 spiro atoms. The second kappa shape index (κ2) is 8.79. The van der Waals surface area contributed by atoms with Crippen LogP contribution in [-0.2, 0) is 4.74 Å². The number of hydrogen-bond acceptors (Lipinski definition) is 3. The molecular weight excluding hydrogens is 280 g/mol. The van der Waals surface area contributed by atoms with Crippen LogP contribution in [0.3, 0.4) is 0 Å². The number of amides is 2. The number of ether oxygens (including phenoxy) is 1. The van der Waals surface area contributed by atoms with E-state index in [-0.39, 0.29) is 18.6 Å². The van der Waals surface area contributed by atoms with Crippen LogP contribution >= 0.6 is 11.6 Å². The van der Waals surface area contributed by atoms with Gasteiger partial charge in [0.05, 0.1) is 18.8 Å². The van der Waals surface area contributed by atoms with Gasteiger partial charge in [0.1, 0.15) is 0 Å². The molecule has 3 N–H and O–H groups in total. The highest BCUT2D eigenvalue weighted by atomic mass is 35.5. The Morgan fingerprint density at radius 2 is 2.05 bits per heavy atom. The molecule has 0 heterocycles. The number of methoxy groups -OCH3 is 1. The number of carbonyl (C=O) groups is 1. The van der Waals surface area contributed by atoms with E-state index in [1.165, 1.54) is 0 Å². The van der Waals surface area contributed by atoms with Crippen LogP contribution in [0.1, 0.15) is 25.0 Å². The molecule has 112 valence electrons. The van der Waals surface area contributed by atoms with Crippen molar-refractivity contribution in [2.24, 2.45) is 0 Å². The van der Waals surface area contributed by atoms with E-state index in [1.807, 2.05) is 6.92 Å². The van der Waals surface area contributed by atoms with Crippen molar-refractivity contribution >= 4 is 17.6 Å². The van der Waals surface area contributed by atoms with Crippen molar-refractivity contribution in [2.75, 3.05) is 20.3 Å². The molecule has 0 saturated carbocycles.